The third-order valence-corrected chi connectivity index (χ3v) is 5.09. The summed E-state index contributed by atoms with van der Waals surface area (Å²) in [5.74, 6) is 4.59. The van der Waals surface area contributed by atoms with Gasteiger partial charge in [-0.25, -0.2) is 0 Å². The van der Waals surface area contributed by atoms with Gasteiger partial charge < -0.3 is 5.32 Å². The van der Waals surface area contributed by atoms with Crippen molar-refractivity contribution in [3.63, 3.8) is 0 Å². The van der Waals surface area contributed by atoms with Gasteiger partial charge in [0.15, 0.2) is 0 Å². The molecule has 0 aromatic carbocycles. The Hall–Kier alpha value is 0.310. The Labute approximate surface area is 113 Å². The van der Waals surface area contributed by atoms with E-state index < -0.39 is 0 Å². The highest BCUT2D eigenvalue weighted by Gasteiger charge is 2.28. The van der Waals surface area contributed by atoms with Crippen LogP contribution in [0.15, 0.2) is 0 Å². The number of rotatable bonds is 8. The van der Waals surface area contributed by atoms with Gasteiger partial charge in [-0.05, 0) is 62.0 Å². The van der Waals surface area contributed by atoms with Crippen LogP contribution in [0.3, 0.4) is 0 Å². The van der Waals surface area contributed by atoms with Crippen molar-refractivity contribution in [3.8, 4) is 0 Å². The van der Waals surface area contributed by atoms with Crippen LogP contribution in [0.4, 0.5) is 0 Å². The molecule has 1 aliphatic rings. The van der Waals surface area contributed by atoms with E-state index in [2.05, 4.69) is 37.8 Å². The smallest absolute Gasteiger partial charge is 0.00958 e. The average molecular weight is 257 g/mol. The highest BCUT2D eigenvalue weighted by Crippen LogP contribution is 2.33. The number of hydrogen-bond donors (Lipinski definition) is 1. The van der Waals surface area contributed by atoms with Crippen LogP contribution < -0.4 is 5.32 Å². The van der Waals surface area contributed by atoms with Crippen molar-refractivity contribution in [3.05, 3.63) is 0 Å². The molecular weight excluding hydrogens is 226 g/mol. The summed E-state index contributed by atoms with van der Waals surface area (Å²) >= 11 is 2.11. The quantitative estimate of drug-likeness (QED) is 0.650. The minimum Gasteiger partial charge on any atom is -0.314 e. The third-order valence-electron chi connectivity index (χ3n) is 4.16. The van der Waals surface area contributed by atoms with Crippen molar-refractivity contribution in [2.75, 3.05) is 18.1 Å². The molecule has 0 saturated heterocycles. The molecule has 1 saturated carbocycles. The molecule has 102 valence electrons. The highest BCUT2D eigenvalue weighted by molar-refractivity contribution is 7.99. The van der Waals surface area contributed by atoms with Gasteiger partial charge in [0, 0.05) is 6.04 Å². The summed E-state index contributed by atoms with van der Waals surface area (Å²) < 4.78 is 0. The fourth-order valence-corrected chi connectivity index (χ4v) is 3.79. The molecule has 1 aliphatic carbocycles. The topological polar surface area (TPSA) is 12.0 Å². The van der Waals surface area contributed by atoms with Crippen LogP contribution in [-0.2, 0) is 0 Å². The molecule has 1 fully saturated rings. The second-order valence-corrected chi connectivity index (χ2v) is 6.79. The number of nitrogens with one attached hydrogen (secondary N) is 1. The Morgan fingerprint density at radius 2 is 2.00 bits per heavy atom. The molecule has 0 spiro atoms. The summed E-state index contributed by atoms with van der Waals surface area (Å²) in [4.78, 5) is 0. The standard InChI is InChI=1S/C15H31NS/c1-4-10-16-15-8-7-13(5-2)12-14(15)9-11-17-6-3/h13-16H,4-12H2,1-3H3. The van der Waals surface area contributed by atoms with Gasteiger partial charge in [0.2, 0.25) is 0 Å². The second kappa shape index (κ2) is 9.27. The Balaban J connectivity index is 2.37. The Morgan fingerprint density at radius 3 is 2.65 bits per heavy atom. The average Bonchev–Trinajstić information content (AvgIpc) is 2.37. The van der Waals surface area contributed by atoms with E-state index >= 15 is 0 Å². The summed E-state index contributed by atoms with van der Waals surface area (Å²) in [6.07, 6.45) is 8.43. The maximum atomic E-state index is 3.78. The van der Waals surface area contributed by atoms with Gasteiger partial charge in [-0.3, -0.25) is 0 Å². The lowest BCUT2D eigenvalue weighted by atomic mass is 9.76. The van der Waals surface area contributed by atoms with Crippen molar-refractivity contribution in [2.45, 2.75) is 65.3 Å². The number of thioether (sulfide) groups is 1. The molecule has 0 heterocycles. The zero-order valence-electron chi connectivity index (χ0n) is 12.0. The fraction of sp³-hybridized carbons (Fsp3) is 1.00. The molecule has 1 nitrogen and oxygen atoms in total. The van der Waals surface area contributed by atoms with Gasteiger partial charge >= 0.3 is 0 Å². The van der Waals surface area contributed by atoms with E-state index in [1.807, 2.05) is 0 Å². The largest absolute Gasteiger partial charge is 0.314 e. The lowest BCUT2D eigenvalue weighted by Crippen LogP contribution is -2.41. The summed E-state index contributed by atoms with van der Waals surface area (Å²) in [5.41, 5.74) is 0. The Morgan fingerprint density at radius 1 is 1.18 bits per heavy atom. The minimum atomic E-state index is 0.815. The Bertz CT molecular complexity index is 184. The van der Waals surface area contributed by atoms with Crippen LogP contribution in [-0.4, -0.2) is 24.1 Å². The van der Waals surface area contributed by atoms with Gasteiger partial charge in [-0.1, -0.05) is 27.2 Å². The van der Waals surface area contributed by atoms with Crippen molar-refractivity contribution in [1.29, 1.82) is 0 Å². The van der Waals surface area contributed by atoms with Crippen LogP contribution in [0, 0.1) is 11.8 Å². The van der Waals surface area contributed by atoms with E-state index in [1.165, 1.54) is 56.6 Å². The number of hydrogen-bond acceptors (Lipinski definition) is 2. The third kappa shape index (κ3) is 5.65. The zero-order chi connectivity index (χ0) is 12.5. The van der Waals surface area contributed by atoms with E-state index in [1.54, 1.807) is 0 Å². The van der Waals surface area contributed by atoms with Gasteiger partial charge in [-0.15, -0.1) is 0 Å². The first-order valence-corrected chi connectivity index (χ1v) is 8.78. The van der Waals surface area contributed by atoms with E-state index in [9.17, 15) is 0 Å². The lowest BCUT2D eigenvalue weighted by Gasteiger charge is -2.36. The molecule has 3 atom stereocenters. The van der Waals surface area contributed by atoms with Crippen molar-refractivity contribution < 1.29 is 0 Å². The van der Waals surface area contributed by atoms with E-state index in [0.717, 1.165) is 17.9 Å². The van der Waals surface area contributed by atoms with Crippen LogP contribution in [0.5, 0.6) is 0 Å². The molecule has 2 heteroatoms. The molecule has 0 aromatic rings. The SMILES string of the molecule is CCCNC1CCC(CC)CC1CCSCC. The summed E-state index contributed by atoms with van der Waals surface area (Å²) in [6, 6.07) is 0.815. The molecule has 1 rings (SSSR count). The molecule has 1 N–H and O–H groups in total. The van der Waals surface area contributed by atoms with Crippen LogP contribution >= 0.6 is 11.8 Å². The van der Waals surface area contributed by atoms with Crippen molar-refractivity contribution in [1.82, 2.24) is 5.32 Å². The first-order chi connectivity index (χ1) is 8.31. The monoisotopic (exact) mass is 257 g/mol. The summed E-state index contributed by atoms with van der Waals surface area (Å²) in [7, 11) is 0. The van der Waals surface area contributed by atoms with Crippen molar-refractivity contribution in [2.24, 2.45) is 11.8 Å². The molecule has 0 amide bonds. The predicted octanol–water partition coefficient (Wildman–Crippen LogP) is 4.32. The maximum absolute atomic E-state index is 3.78. The molecule has 0 aromatic heterocycles. The fourth-order valence-electron chi connectivity index (χ4n) is 3.03. The van der Waals surface area contributed by atoms with E-state index in [-0.39, 0.29) is 0 Å². The van der Waals surface area contributed by atoms with E-state index in [0.29, 0.717) is 0 Å². The minimum absolute atomic E-state index is 0.815. The molecule has 0 aliphatic heterocycles. The van der Waals surface area contributed by atoms with Crippen LogP contribution in [0.1, 0.15) is 59.3 Å². The van der Waals surface area contributed by atoms with Crippen molar-refractivity contribution >= 4 is 11.8 Å². The first kappa shape index (κ1) is 15.4. The first-order valence-electron chi connectivity index (χ1n) is 7.62. The Kier molecular flexibility index (Phi) is 8.38. The summed E-state index contributed by atoms with van der Waals surface area (Å²) in [5, 5.41) is 3.78. The molecule has 17 heavy (non-hydrogen) atoms. The van der Waals surface area contributed by atoms with Gasteiger partial charge in [-0.2, -0.15) is 11.8 Å². The maximum Gasteiger partial charge on any atom is 0.00958 e. The molecule has 0 bridgehead atoms. The van der Waals surface area contributed by atoms with Gasteiger partial charge in [0.1, 0.15) is 0 Å². The van der Waals surface area contributed by atoms with Crippen LogP contribution in [0.25, 0.3) is 0 Å². The van der Waals surface area contributed by atoms with Gasteiger partial charge in [0.05, 0.1) is 0 Å². The predicted molar refractivity (Wildman–Crippen MR) is 80.8 cm³/mol. The van der Waals surface area contributed by atoms with Crippen LogP contribution in [0.2, 0.25) is 0 Å². The lowest BCUT2D eigenvalue weighted by molar-refractivity contribution is 0.195. The molecule has 0 radical (unpaired) electrons. The normalized spacial score (nSPS) is 29.5. The zero-order valence-corrected chi connectivity index (χ0v) is 12.8. The second-order valence-electron chi connectivity index (χ2n) is 5.39. The summed E-state index contributed by atoms with van der Waals surface area (Å²) in [6.45, 7) is 8.11. The van der Waals surface area contributed by atoms with E-state index in [4.69, 9.17) is 0 Å². The highest BCUT2D eigenvalue weighted by atomic mass is 32.2. The van der Waals surface area contributed by atoms with Gasteiger partial charge in [0.25, 0.3) is 0 Å². The molecular formula is C15H31NS. The molecule has 3 unspecified atom stereocenters.